The van der Waals surface area contributed by atoms with Crippen LogP contribution in [0.25, 0.3) is 0 Å². The van der Waals surface area contributed by atoms with Gasteiger partial charge in [-0.15, -0.1) is 0 Å². The van der Waals surface area contributed by atoms with Crippen molar-refractivity contribution in [3.63, 3.8) is 0 Å². The number of nitrogens with zero attached hydrogens (tertiary/aromatic N) is 1. The van der Waals surface area contributed by atoms with Crippen molar-refractivity contribution in [1.82, 2.24) is 4.90 Å². The van der Waals surface area contributed by atoms with Gasteiger partial charge in [0.05, 0.1) is 18.2 Å². The zero-order chi connectivity index (χ0) is 12.3. The van der Waals surface area contributed by atoms with Gasteiger partial charge in [-0.05, 0) is 25.7 Å². The molecule has 1 spiro atoms. The molecule has 0 aromatic rings. The normalized spacial score (nSPS) is 29.4. The van der Waals surface area contributed by atoms with Gasteiger partial charge in [0, 0.05) is 26.8 Å². The number of carbonyl (C=O) groups excluding carboxylic acids is 1. The molecular weight excluding hydrogens is 220 g/mol. The minimum Gasteiger partial charge on any atom is -0.378 e. The van der Waals surface area contributed by atoms with Crippen LogP contribution >= 0.6 is 0 Å². The monoisotopic (exact) mass is 242 g/mol. The lowest BCUT2D eigenvalue weighted by molar-refractivity contribution is -0.186. The van der Waals surface area contributed by atoms with Gasteiger partial charge in [0.25, 0.3) is 0 Å². The van der Waals surface area contributed by atoms with Crippen LogP contribution in [0.4, 0.5) is 0 Å². The number of carbonyl (C=O) groups is 1. The zero-order valence-electron chi connectivity index (χ0n) is 10.5. The largest absolute Gasteiger partial charge is 0.378 e. The first-order chi connectivity index (χ1) is 8.16. The van der Waals surface area contributed by atoms with E-state index < -0.39 is 0 Å². The van der Waals surface area contributed by atoms with Gasteiger partial charge in [0.15, 0.2) is 0 Å². The van der Waals surface area contributed by atoms with E-state index in [2.05, 4.69) is 4.90 Å². The third kappa shape index (κ3) is 2.78. The number of hydrogen-bond acceptors (Lipinski definition) is 4. The third-order valence-corrected chi connectivity index (χ3v) is 3.95. The molecule has 2 rings (SSSR count). The van der Waals surface area contributed by atoms with Crippen molar-refractivity contribution >= 4 is 5.91 Å². The maximum atomic E-state index is 10.9. The van der Waals surface area contributed by atoms with E-state index in [4.69, 9.17) is 15.2 Å². The van der Waals surface area contributed by atoms with E-state index in [-0.39, 0.29) is 17.6 Å². The molecule has 98 valence electrons. The second-order valence-corrected chi connectivity index (χ2v) is 5.02. The molecule has 0 aromatic carbocycles. The number of piperidine rings is 1. The number of likely N-dealkylation sites (tertiary alicyclic amines) is 1. The summed E-state index contributed by atoms with van der Waals surface area (Å²) in [5.41, 5.74) is 5.09. The summed E-state index contributed by atoms with van der Waals surface area (Å²) in [7, 11) is 1.76. The Balaban J connectivity index is 1.93. The number of rotatable bonds is 3. The second-order valence-electron chi connectivity index (χ2n) is 5.02. The highest BCUT2D eigenvalue weighted by atomic mass is 16.5. The van der Waals surface area contributed by atoms with Crippen molar-refractivity contribution in [2.24, 2.45) is 5.73 Å². The molecule has 0 bridgehead atoms. The number of amides is 1. The molecule has 2 saturated heterocycles. The summed E-state index contributed by atoms with van der Waals surface area (Å²) in [4.78, 5) is 13.0. The third-order valence-electron chi connectivity index (χ3n) is 3.95. The van der Waals surface area contributed by atoms with Gasteiger partial charge < -0.3 is 15.2 Å². The SMILES string of the molecule is COC1CCCOC12CCN(CC(N)=O)CC2. The summed E-state index contributed by atoms with van der Waals surface area (Å²) in [6.07, 6.45) is 4.21. The summed E-state index contributed by atoms with van der Waals surface area (Å²) in [6, 6.07) is 0. The van der Waals surface area contributed by atoms with Gasteiger partial charge in [-0.25, -0.2) is 0 Å². The molecule has 5 nitrogen and oxygen atoms in total. The molecule has 2 aliphatic rings. The van der Waals surface area contributed by atoms with Crippen LogP contribution in [0.3, 0.4) is 0 Å². The van der Waals surface area contributed by atoms with Crippen LogP contribution in [0.1, 0.15) is 25.7 Å². The van der Waals surface area contributed by atoms with Crippen molar-refractivity contribution in [2.75, 3.05) is 33.4 Å². The molecule has 2 N–H and O–H groups in total. The smallest absolute Gasteiger partial charge is 0.231 e. The van der Waals surface area contributed by atoms with Crippen LogP contribution < -0.4 is 5.73 Å². The number of ether oxygens (including phenoxy) is 2. The molecule has 5 heteroatoms. The quantitative estimate of drug-likeness (QED) is 0.764. The van der Waals surface area contributed by atoms with Crippen molar-refractivity contribution in [3.05, 3.63) is 0 Å². The van der Waals surface area contributed by atoms with Crippen LogP contribution in [0.5, 0.6) is 0 Å². The summed E-state index contributed by atoms with van der Waals surface area (Å²) in [5.74, 6) is -0.256. The number of nitrogens with two attached hydrogens (primary N) is 1. The lowest BCUT2D eigenvalue weighted by Gasteiger charge is -2.47. The van der Waals surface area contributed by atoms with Crippen molar-refractivity contribution in [3.8, 4) is 0 Å². The van der Waals surface area contributed by atoms with Gasteiger partial charge in [-0.3, -0.25) is 9.69 Å². The molecule has 2 aliphatic heterocycles. The van der Waals surface area contributed by atoms with E-state index in [1.54, 1.807) is 7.11 Å². The fourth-order valence-corrected chi connectivity index (χ4v) is 3.01. The Labute approximate surface area is 102 Å². The van der Waals surface area contributed by atoms with Crippen LogP contribution in [-0.2, 0) is 14.3 Å². The van der Waals surface area contributed by atoms with Gasteiger partial charge in [0.2, 0.25) is 5.91 Å². The van der Waals surface area contributed by atoms with E-state index in [0.717, 1.165) is 45.4 Å². The molecule has 0 aromatic heterocycles. The Hall–Kier alpha value is -0.650. The maximum absolute atomic E-state index is 10.9. The predicted molar refractivity (Wildman–Crippen MR) is 63.6 cm³/mol. The first-order valence-electron chi connectivity index (χ1n) is 6.34. The van der Waals surface area contributed by atoms with Crippen molar-refractivity contribution < 1.29 is 14.3 Å². The fraction of sp³-hybridized carbons (Fsp3) is 0.917. The Kier molecular flexibility index (Phi) is 4.01. The Morgan fingerprint density at radius 1 is 1.53 bits per heavy atom. The molecular formula is C12H22N2O3. The number of primary amides is 1. The Morgan fingerprint density at radius 3 is 2.82 bits per heavy atom. The highest BCUT2D eigenvalue weighted by Gasteiger charge is 2.44. The highest BCUT2D eigenvalue weighted by Crippen LogP contribution is 2.36. The molecule has 1 amide bonds. The maximum Gasteiger partial charge on any atom is 0.231 e. The standard InChI is InChI=1S/C12H22N2O3/c1-16-10-3-2-8-17-12(10)4-6-14(7-5-12)9-11(13)15/h10H,2-9H2,1H3,(H2,13,15). The summed E-state index contributed by atoms with van der Waals surface area (Å²) in [6.45, 7) is 2.91. The second kappa shape index (κ2) is 5.33. The fourth-order valence-electron chi connectivity index (χ4n) is 3.01. The van der Waals surface area contributed by atoms with Crippen LogP contribution in [0.2, 0.25) is 0 Å². The van der Waals surface area contributed by atoms with Gasteiger partial charge in [0.1, 0.15) is 0 Å². The van der Waals surface area contributed by atoms with Crippen molar-refractivity contribution in [1.29, 1.82) is 0 Å². The van der Waals surface area contributed by atoms with E-state index >= 15 is 0 Å². The molecule has 1 unspecified atom stereocenters. The summed E-state index contributed by atoms with van der Waals surface area (Å²) in [5, 5.41) is 0. The van der Waals surface area contributed by atoms with Gasteiger partial charge >= 0.3 is 0 Å². The van der Waals surface area contributed by atoms with Crippen LogP contribution in [0.15, 0.2) is 0 Å². The summed E-state index contributed by atoms with van der Waals surface area (Å²) >= 11 is 0. The topological polar surface area (TPSA) is 64.8 Å². The molecule has 0 aliphatic carbocycles. The number of methoxy groups -OCH3 is 1. The predicted octanol–water partition coefficient (Wildman–Crippen LogP) is 0.132. The van der Waals surface area contributed by atoms with E-state index in [9.17, 15) is 4.79 Å². The Bertz CT molecular complexity index is 275. The first-order valence-corrected chi connectivity index (χ1v) is 6.34. The minimum absolute atomic E-state index is 0.124. The van der Waals surface area contributed by atoms with Crippen LogP contribution in [0, 0.1) is 0 Å². The highest BCUT2D eigenvalue weighted by molar-refractivity contribution is 5.75. The lowest BCUT2D eigenvalue weighted by atomic mass is 9.82. The van der Waals surface area contributed by atoms with E-state index in [0.29, 0.717) is 6.54 Å². The van der Waals surface area contributed by atoms with Gasteiger partial charge in [-0.1, -0.05) is 0 Å². The average Bonchev–Trinajstić information content (AvgIpc) is 2.32. The lowest BCUT2D eigenvalue weighted by Crippen LogP contribution is -2.56. The molecule has 2 fully saturated rings. The Morgan fingerprint density at radius 2 is 2.24 bits per heavy atom. The first kappa shape index (κ1) is 12.8. The summed E-state index contributed by atoms with van der Waals surface area (Å²) < 4.78 is 11.6. The van der Waals surface area contributed by atoms with E-state index in [1.165, 1.54) is 0 Å². The number of hydrogen-bond donors (Lipinski definition) is 1. The van der Waals surface area contributed by atoms with Crippen molar-refractivity contribution in [2.45, 2.75) is 37.4 Å². The minimum atomic E-state index is -0.256. The average molecular weight is 242 g/mol. The zero-order valence-corrected chi connectivity index (χ0v) is 10.5. The molecule has 0 radical (unpaired) electrons. The molecule has 17 heavy (non-hydrogen) atoms. The van der Waals surface area contributed by atoms with Crippen LogP contribution in [-0.4, -0.2) is 55.9 Å². The van der Waals surface area contributed by atoms with Gasteiger partial charge in [-0.2, -0.15) is 0 Å². The molecule has 2 heterocycles. The molecule has 0 saturated carbocycles. The molecule has 1 atom stereocenters. The van der Waals surface area contributed by atoms with E-state index in [1.807, 2.05) is 0 Å².